The molecule has 0 aliphatic carbocycles. The Labute approximate surface area is 177 Å². The molecule has 0 radical (unpaired) electrons. The predicted molar refractivity (Wildman–Crippen MR) is 116 cm³/mol. The molecule has 9 heteroatoms. The van der Waals surface area contributed by atoms with Crippen LogP contribution >= 0.6 is 35.3 Å². The monoisotopic (exact) mass is 495 g/mol. The first-order valence-electron chi connectivity index (χ1n) is 8.63. The molecule has 0 aromatic carbocycles. The number of hydrogen-bond donors (Lipinski definition) is 2. The highest BCUT2D eigenvalue weighted by Crippen LogP contribution is 2.15. The second-order valence-corrected chi connectivity index (χ2v) is 8.52. The van der Waals surface area contributed by atoms with Crippen LogP contribution in [0.15, 0.2) is 11.2 Å². The van der Waals surface area contributed by atoms with Crippen LogP contribution in [0.25, 0.3) is 0 Å². The Balaban J connectivity index is 0.00000338. The maximum absolute atomic E-state index is 12.3. The quantitative estimate of drug-likeness (QED) is 0.383. The van der Waals surface area contributed by atoms with Crippen molar-refractivity contribution >= 4 is 47.4 Å². The van der Waals surface area contributed by atoms with Gasteiger partial charge in [-0.3, -0.25) is 4.99 Å². The van der Waals surface area contributed by atoms with E-state index in [4.69, 9.17) is 4.74 Å². The summed E-state index contributed by atoms with van der Waals surface area (Å²) in [6, 6.07) is 0.158. The lowest BCUT2D eigenvalue weighted by Crippen LogP contribution is -2.53. The number of guanidine groups is 1. The van der Waals surface area contributed by atoms with E-state index in [0.29, 0.717) is 13.1 Å². The molecule has 1 aliphatic heterocycles. The van der Waals surface area contributed by atoms with Gasteiger partial charge in [0.1, 0.15) is 10.6 Å². The van der Waals surface area contributed by atoms with Gasteiger partial charge in [-0.1, -0.05) is 0 Å². The fourth-order valence-electron chi connectivity index (χ4n) is 2.62. The normalized spacial score (nSPS) is 18.1. The third-order valence-electron chi connectivity index (χ3n) is 3.71. The molecule has 1 aliphatic rings. The van der Waals surface area contributed by atoms with Gasteiger partial charge >= 0.3 is 6.09 Å². The van der Waals surface area contributed by atoms with E-state index in [0.717, 1.165) is 30.4 Å². The summed E-state index contributed by atoms with van der Waals surface area (Å²) in [5.41, 5.74) is -0.471. The number of halogens is 1. The first-order valence-corrected chi connectivity index (χ1v) is 9.45. The number of likely N-dealkylation sites (tertiary alicyclic amines) is 1. The van der Waals surface area contributed by atoms with Crippen molar-refractivity contribution in [3.05, 3.63) is 16.1 Å². The maximum Gasteiger partial charge on any atom is 0.410 e. The first-order chi connectivity index (χ1) is 11.8. The largest absolute Gasteiger partial charge is 0.444 e. The van der Waals surface area contributed by atoms with Crippen molar-refractivity contribution in [2.45, 2.75) is 58.7 Å². The van der Waals surface area contributed by atoms with E-state index in [1.807, 2.05) is 33.9 Å². The molecular weight excluding hydrogens is 465 g/mol. The van der Waals surface area contributed by atoms with Gasteiger partial charge in [-0.05, 0) is 40.5 Å². The summed E-state index contributed by atoms with van der Waals surface area (Å²) >= 11 is 1.67. The van der Waals surface area contributed by atoms with Crippen molar-refractivity contribution in [2.75, 3.05) is 20.1 Å². The van der Waals surface area contributed by atoms with E-state index in [-0.39, 0.29) is 36.1 Å². The summed E-state index contributed by atoms with van der Waals surface area (Å²) in [5, 5.41) is 7.70. The van der Waals surface area contributed by atoms with E-state index in [1.54, 1.807) is 23.3 Å². The van der Waals surface area contributed by atoms with Crippen LogP contribution in [0.2, 0.25) is 0 Å². The smallest absolute Gasteiger partial charge is 0.410 e. The Hall–Kier alpha value is -1.10. The molecule has 2 N–H and O–H groups in total. The average molecular weight is 495 g/mol. The van der Waals surface area contributed by atoms with Crippen LogP contribution in [0.5, 0.6) is 0 Å². The summed E-state index contributed by atoms with van der Waals surface area (Å²) in [4.78, 5) is 23.8. The van der Waals surface area contributed by atoms with E-state index in [2.05, 4.69) is 20.6 Å². The Morgan fingerprint density at radius 2 is 2.23 bits per heavy atom. The Morgan fingerprint density at radius 1 is 1.50 bits per heavy atom. The van der Waals surface area contributed by atoms with Gasteiger partial charge in [0.05, 0.1) is 6.54 Å². The number of carbonyl (C=O) groups is 1. The number of amides is 1. The zero-order valence-electron chi connectivity index (χ0n) is 16.2. The molecule has 7 nitrogen and oxygen atoms in total. The third-order valence-corrected chi connectivity index (χ3v) is 4.63. The molecule has 2 heterocycles. The molecule has 1 atom stereocenters. The lowest BCUT2D eigenvalue weighted by Gasteiger charge is -2.35. The van der Waals surface area contributed by atoms with E-state index < -0.39 is 5.60 Å². The second-order valence-electron chi connectivity index (χ2n) is 7.20. The van der Waals surface area contributed by atoms with Gasteiger partial charge in [-0.15, -0.1) is 35.3 Å². The number of carbonyl (C=O) groups excluding carboxylic acids is 1. The van der Waals surface area contributed by atoms with Gasteiger partial charge < -0.3 is 20.3 Å². The number of piperidine rings is 1. The molecule has 0 spiro atoms. The highest BCUT2D eigenvalue weighted by atomic mass is 127. The number of aryl methyl sites for hydroxylation is 1. The summed E-state index contributed by atoms with van der Waals surface area (Å²) in [6.45, 7) is 9.69. The number of hydrogen-bond acceptors (Lipinski definition) is 5. The van der Waals surface area contributed by atoms with Crippen molar-refractivity contribution in [1.82, 2.24) is 20.5 Å². The maximum atomic E-state index is 12.3. The van der Waals surface area contributed by atoms with Gasteiger partial charge in [0.2, 0.25) is 0 Å². The van der Waals surface area contributed by atoms with E-state index in [1.165, 1.54) is 4.88 Å². The van der Waals surface area contributed by atoms with Crippen molar-refractivity contribution in [3.8, 4) is 0 Å². The van der Waals surface area contributed by atoms with Crippen LogP contribution in [0.4, 0.5) is 4.79 Å². The van der Waals surface area contributed by atoms with Crippen LogP contribution in [0.3, 0.4) is 0 Å². The van der Waals surface area contributed by atoms with Crippen molar-refractivity contribution < 1.29 is 9.53 Å². The molecule has 1 aromatic heterocycles. The number of ether oxygens (including phenoxy) is 1. The Bertz CT molecular complexity index is 615. The molecule has 0 bridgehead atoms. The molecule has 1 unspecified atom stereocenters. The minimum atomic E-state index is -0.471. The van der Waals surface area contributed by atoms with Crippen LogP contribution in [0.1, 0.15) is 43.5 Å². The zero-order valence-corrected chi connectivity index (χ0v) is 19.3. The average Bonchev–Trinajstić information content (AvgIpc) is 2.95. The van der Waals surface area contributed by atoms with Crippen molar-refractivity contribution in [2.24, 2.45) is 4.99 Å². The molecule has 148 valence electrons. The molecule has 1 amide bonds. The summed E-state index contributed by atoms with van der Waals surface area (Å²) in [7, 11) is 1.75. The molecule has 26 heavy (non-hydrogen) atoms. The van der Waals surface area contributed by atoms with Crippen LogP contribution < -0.4 is 10.6 Å². The Kier molecular flexibility index (Phi) is 9.08. The van der Waals surface area contributed by atoms with Crippen LogP contribution in [-0.2, 0) is 11.3 Å². The number of nitrogens with zero attached hydrogens (tertiary/aromatic N) is 3. The number of aromatic nitrogens is 1. The first kappa shape index (κ1) is 22.9. The van der Waals surface area contributed by atoms with Crippen LogP contribution in [0, 0.1) is 6.92 Å². The van der Waals surface area contributed by atoms with Gasteiger partial charge in [0, 0.05) is 37.3 Å². The van der Waals surface area contributed by atoms with Crippen molar-refractivity contribution in [1.29, 1.82) is 0 Å². The van der Waals surface area contributed by atoms with E-state index in [9.17, 15) is 4.79 Å². The SMILES string of the molecule is CN=C(NCc1ncc(C)s1)NC1CCCN(C(=O)OC(C)(C)C)C1.I. The van der Waals surface area contributed by atoms with Crippen LogP contribution in [-0.4, -0.2) is 53.7 Å². The lowest BCUT2D eigenvalue weighted by molar-refractivity contribution is 0.0193. The summed E-state index contributed by atoms with van der Waals surface area (Å²) in [5.74, 6) is 0.726. The number of nitrogens with one attached hydrogen (secondary N) is 2. The van der Waals surface area contributed by atoms with E-state index >= 15 is 0 Å². The highest BCUT2D eigenvalue weighted by Gasteiger charge is 2.28. The fraction of sp³-hybridized carbons (Fsp3) is 0.706. The second kappa shape index (κ2) is 10.3. The number of aliphatic imine (C=N–C) groups is 1. The molecule has 2 rings (SSSR count). The minimum absolute atomic E-state index is 0. The molecular formula is C17H30IN5O2S. The number of thiazole rings is 1. The summed E-state index contributed by atoms with van der Waals surface area (Å²) < 4.78 is 5.47. The zero-order chi connectivity index (χ0) is 18.4. The topological polar surface area (TPSA) is 78.9 Å². The van der Waals surface area contributed by atoms with Gasteiger partial charge in [-0.25, -0.2) is 9.78 Å². The molecule has 0 saturated carbocycles. The van der Waals surface area contributed by atoms with Gasteiger partial charge in [-0.2, -0.15) is 0 Å². The molecule has 1 saturated heterocycles. The molecule has 1 fully saturated rings. The third kappa shape index (κ3) is 7.65. The van der Waals surface area contributed by atoms with Gasteiger partial charge in [0.25, 0.3) is 0 Å². The Morgan fingerprint density at radius 3 is 2.81 bits per heavy atom. The standard InChI is InChI=1S/C17H29N5O2S.HI/c1-12-9-19-14(25-12)10-20-15(18-5)21-13-7-6-8-22(11-13)16(23)24-17(2,3)4;/h9,13H,6-8,10-11H2,1-5H3,(H2,18,20,21);1H. The molecule has 1 aromatic rings. The lowest BCUT2D eigenvalue weighted by atomic mass is 10.1. The number of rotatable bonds is 3. The highest BCUT2D eigenvalue weighted by molar-refractivity contribution is 14.0. The van der Waals surface area contributed by atoms with Gasteiger partial charge in [0.15, 0.2) is 5.96 Å². The predicted octanol–water partition coefficient (Wildman–Crippen LogP) is 3.13. The summed E-state index contributed by atoms with van der Waals surface area (Å²) in [6.07, 6.45) is 3.56. The fourth-order valence-corrected chi connectivity index (χ4v) is 3.34. The van der Waals surface area contributed by atoms with Crippen molar-refractivity contribution in [3.63, 3.8) is 0 Å². The minimum Gasteiger partial charge on any atom is -0.444 e.